The number of nitrogens with zero attached hydrogens (tertiary/aromatic N) is 4. The fraction of sp³-hybridized carbons (Fsp3) is 0.333. The van der Waals surface area contributed by atoms with Crippen LogP contribution in [0.4, 0.5) is 19.0 Å². The van der Waals surface area contributed by atoms with E-state index in [4.69, 9.17) is 9.90 Å². The third-order valence-electron chi connectivity index (χ3n) is 4.26. The summed E-state index contributed by atoms with van der Waals surface area (Å²) < 4.78 is 35.4. The van der Waals surface area contributed by atoms with Crippen LogP contribution in [0.2, 0.25) is 0 Å². The Labute approximate surface area is 182 Å². The zero-order chi connectivity index (χ0) is 23.9. The van der Waals surface area contributed by atoms with Crippen LogP contribution in [0.15, 0.2) is 48.8 Å². The number of anilines is 1. The first-order valence-electron chi connectivity index (χ1n) is 9.78. The second-order valence-electron chi connectivity index (χ2n) is 7.03. The molecule has 172 valence electrons. The molecule has 0 saturated heterocycles. The van der Waals surface area contributed by atoms with E-state index < -0.39 is 12.1 Å². The van der Waals surface area contributed by atoms with Crippen LogP contribution in [-0.4, -0.2) is 42.5 Å². The standard InChI is InChI=1S/C19H23N5O.C2HF3O2/c1-4-17-20-10-11-23(17)13-19(25)21-18-12-16(14(2)3)22-24(18)15-8-6-5-7-9-15;3-2(4,5)1(6)7/h5-12,14H,4,13H2,1-3H3,(H,21,25);(H,6,7). The fourth-order valence-electron chi connectivity index (χ4n) is 2.67. The van der Waals surface area contributed by atoms with Crippen LogP contribution in [0, 0.1) is 0 Å². The number of alkyl halides is 3. The largest absolute Gasteiger partial charge is 0.490 e. The maximum absolute atomic E-state index is 12.5. The molecule has 0 spiro atoms. The van der Waals surface area contributed by atoms with Gasteiger partial charge in [-0.05, 0) is 18.1 Å². The lowest BCUT2D eigenvalue weighted by Crippen LogP contribution is -2.21. The Balaban J connectivity index is 0.000000451. The lowest BCUT2D eigenvalue weighted by atomic mass is 10.1. The number of carbonyl (C=O) groups is 2. The van der Waals surface area contributed by atoms with Crippen molar-refractivity contribution >= 4 is 17.7 Å². The highest BCUT2D eigenvalue weighted by Crippen LogP contribution is 2.22. The normalized spacial score (nSPS) is 11.1. The molecule has 1 aromatic carbocycles. The number of halogens is 3. The summed E-state index contributed by atoms with van der Waals surface area (Å²) in [5.74, 6) is -0.999. The number of carbonyl (C=O) groups excluding carboxylic acids is 1. The topological polar surface area (TPSA) is 102 Å². The van der Waals surface area contributed by atoms with E-state index in [9.17, 15) is 18.0 Å². The molecule has 1 amide bonds. The Hall–Kier alpha value is -3.63. The maximum atomic E-state index is 12.5. The number of imidazole rings is 1. The van der Waals surface area contributed by atoms with Gasteiger partial charge in [-0.1, -0.05) is 39.0 Å². The van der Waals surface area contributed by atoms with Gasteiger partial charge in [0, 0.05) is 24.9 Å². The highest BCUT2D eigenvalue weighted by molar-refractivity contribution is 5.90. The Morgan fingerprint density at radius 1 is 1.19 bits per heavy atom. The van der Waals surface area contributed by atoms with Crippen LogP contribution in [-0.2, 0) is 22.6 Å². The highest BCUT2D eigenvalue weighted by Gasteiger charge is 2.38. The van der Waals surface area contributed by atoms with Gasteiger partial charge < -0.3 is 15.0 Å². The van der Waals surface area contributed by atoms with E-state index in [2.05, 4.69) is 29.2 Å². The van der Waals surface area contributed by atoms with Gasteiger partial charge in [-0.2, -0.15) is 18.3 Å². The van der Waals surface area contributed by atoms with E-state index >= 15 is 0 Å². The van der Waals surface area contributed by atoms with E-state index in [0.29, 0.717) is 5.82 Å². The molecule has 0 aliphatic carbocycles. The first-order valence-corrected chi connectivity index (χ1v) is 9.78. The SMILES string of the molecule is CCc1nccn1CC(=O)Nc1cc(C(C)C)nn1-c1ccccc1.O=C(O)C(F)(F)F. The molecule has 3 rings (SSSR count). The van der Waals surface area contributed by atoms with Gasteiger partial charge in [0.05, 0.1) is 11.4 Å². The average Bonchev–Trinajstić information content (AvgIpc) is 3.35. The Kier molecular flexibility index (Phi) is 8.16. The van der Waals surface area contributed by atoms with Crippen LogP contribution in [0.25, 0.3) is 5.69 Å². The highest BCUT2D eigenvalue weighted by atomic mass is 19.4. The van der Waals surface area contributed by atoms with Crippen molar-refractivity contribution in [1.82, 2.24) is 19.3 Å². The average molecular weight is 451 g/mol. The second kappa shape index (κ2) is 10.6. The van der Waals surface area contributed by atoms with Gasteiger partial charge in [0.25, 0.3) is 0 Å². The monoisotopic (exact) mass is 451 g/mol. The number of hydrogen-bond donors (Lipinski definition) is 2. The molecule has 0 unspecified atom stereocenters. The molecule has 32 heavy (non-hydrogen) atoms. The van der Waals surface area contributed by atoms with E-state index in [-0.39, 0.29) is 18.4 Å². The third kappa shape index (κ3) is 6.69. The molecule has 0 aliphatic heterocycles. The summed E-state index contributed by atoms with van der Waals surface area (Å²) in [5, 5.41) is 14.8. The summed E-state index contributed by atoms with van der Waals surface area (Å²) >= 11 is 0. The number of aliphatic carboxylic acids is 1. The molecule has 0 fully saturated rings. The van der Waals surface area contributed by atoms with E-state index in [1.807, 2.05) is 54.1 Å². The van der Waals surface area contributed by atoms with Gasteiger partial charge in [-0.15, -0.1) is 0 Å². The maximum Gasteiger partial charge on any atom is 0.490 e. The number of rotatable bonds is 6. The van der Waals surface area contributed by atoms with Crippen molar-refractivity contribution < 1.29 is 27.9 Å². The molecule has 3 aromatic rings. The summed E-state index contributed by atoms with van der Waals surface area (Å²) in [6, 6.07) is 11.7. The van der Waals surface area contributed by atoms with E-state index in [1.54, 1.807) is 10.9 Å². The second-order valence-corrected chi connectivity index (χ2v) is 7.03. The fourth-order valence-corrected chi connectivity index (χ4v) is 2.67. The third-order valence-corrected chi connectivity index (χ3v) is 4.26. The van der Waals surface area contributed by atoms with Crippen molar-refractivity contribution in [3.63, 3.8) is 0 Å². The number of hydrogen-bond acceptors (Lipinski definition) is 4. The summed E-state index contributed by atoms with van der Waals surface area (Å²) in [6.07, 6.45) is -0.747. The van der Waals surface area contributed by atoms with Crippen LogP contribution >= 0.6 is 0 Å². The van der Waals surface area contributed by atoms with E-state index in [0.717, 1.165) is 23.6 Å². The van der Waals surface area contributed by atoms with Gasteiger partial charge in [0.15, 0.2) is 0 Å². The zero-order valence-corrected chi connectivity index (χ0v) is 17.8. The molecule has 0 bridgehead atoms. The molecule has 0 aliphatic rings. The van der Waals surface area contributed by atoms with Gasteiger partial charge >= 0.3 is 12.1 Å². The van der Waals surface area contributed by atoms with Crippen molar-refractivity contribution in [2.45, 2.75) is 45.8 Å². The lowest BCUT2D eigenvalue weighted by molar-refractivity contribution is -0.192. The minimum atomic E-state index is -5.08. The van der Waals surface area contributed by atoms with Gasteiger partial charge in [0.1, 0.15) is 18.2 Å². The number of carboxylic acids is 1. The number of aryl methyl sites for hydroxylation is 1. The number of amides is 1. The summed E-state index contributed by atoms with van der Waals surface area (Å²) in [4.78, 5) is 25.7. The molecule has 0 atom stereocenters. The summed E-state index contributed by atoms with van der Waals surface area (Å²) in [7, 11) is 0. The number of benzene rings is 1. The molecular formula is C21H24F3N5O3. The predicted octanol–water partition coefficient (Wildman–Crippen LogP) is 4.03. The number of nitrogens with one attached hydrogen (secondary N) is 1. The first kappa shape index (κ1) is 24.6. The van der Waals surface area contributed by atoms with Crippen molar-refractivity contribution in [3.05, 3.63) is 60.3 Å². The van der Waals surface area contributed by atoms with Crippen molar-refractivity contribution in [1.29, 1.82) is 0 Å². The van der Waals surface area contributed by atoms with Gasteiger partial charge in [-0.25, -0.2) is 14.5 Å². The minimum Gasteiger partial charge on any atom is -0.475 e. The van der Waals surface area contributed by atoms with Crippen molar-refractivity contribution in [2.24, 2.45) is 0 Å². The van der Waals surface area contributed by atoms with Gasteiger partial charge in [0.2, 0.25) is 5.91 Å². The molecule has 8 nitrogen and oxygen atoms in total. The number of aromatic nitrogens is 4. The molecule has 2 aromatic heterocycles. The zero-order valence-electron chi connectivity index (χ0n) is 17.8. The smallest absolute Gasteiger partial charge is 0.475 e. The van der Waals surface area contributed by atoms with Crippen LogP contribution < -0.4 is 5.32 Å². The quantitative estimate of drug-likeness (QED) is 0.589. The molecule has 2 heterocycles. The Bertz CT molecular complexity index is 1040. The molecule has 11 heteroatoms. The molecular weight excluding hydrogens is 427 g/mol. The lowest BCUT2D eigenvalue weighted by Gasteiger charge is -2.10. The summed E-state index contributed by atoms with van der Waals surface area (Å²) in [6.45, 7) is 6.43. The van der Waals surface area contributed by atoms with Crippen molar-refractivity contribution in [3.8, 4) is 5.69 Å². The van der Waals surface area contributed by atoms with Gasteiger partial charge in [-0.3, -0.25) is 4.79 Å². The van der Waals surface area contributed by atoms with Crippen molar-refractivity contribution in [2.75, 3.05) is 5.32 Å². The molecule has 0 radical (unpaired) electrons. The Morgan fingerprint density at radius 2 is 1.81 bits per heavy atom. The van der Waals surface area contributed by atoms with Crippen LogP contribution in [0.1, 0.15) is 38.2 Å². The number of para-hydroxylation sites is 1. The number of carboxylic acid groups (broad SMARTS) is 1. The van der Waals surface area contributed by atoms with Crippen LogP contribution in [0.3, 0.4) is 0 Å². The molecule has 2 N–H and O–H groups in total. The Morgan fingerprint density at radius 3 is 2.34 bits per heavy atom. The molecule has 0 saturated carbocycles. The first-order chi connectivity index (χ1) is 15.0. The summed E-state index contributed by atoms with van der Waals surface area (Å²) in [5.41, 5.74) is 1.86. The van der Waals surface area contributed by atoms with E-state index in [1.165, 1.54) is 0 Å². The predicted molar refractivity (Wildman–Crippen MR) is 112 cm³/mol. The van der Waals surface area contributed by atoms with Crippen LogP contribution in [0.5, 0.6) is 0 Å². The minimum absolute atomic E-state index is 0.0971.